The van der Waals surface area contributed by atoms with Crippen molar-refractivity contribution < 1.29 is 4.74 Å². The molecule has 0 bridgehead atoms. The molecule has 1 unspecified atom stereocenters. The summed E-state index contributed by atoms with van der Waals surface area (Å²) in [7, 11) is 1.73. The van der Waals surface area contributed by atoms with Gasteiger partial charge < -0.3 is 10.5 Å². The number of ether oxygens (including phenoxy) is 1. The highest BCUT2D eigenvalue weighted by atomic mass is 16.5. The Bertz CT molecular complexity index is 276. The molecule has 1 aromatic heterocycles. The van der Waals surface area contributed by atoms with E-state index in [9.17, 15) is 0 Å². The molecule has 1 rings (SSSR count). The van der Waals surface area contributed by atoms with E-state index in [0.717, 1.165) is 25.0 Å². The lowest BCUT2D eigenvalue weighted by molar-refractivity contribution is 0.180. The van der Waals surface area contributed by atoms with Gasteiger partial charge in [0, 0.05) is 19.9 Å². The molecule has 0 spiro atoms. The fraction of sp³-hybridized carbons (Fsp3) is 0.545. The van der Waals surface area contributed by atoms with Crippen LogP contribution in [-0.4, -0.2) is 18.7 Å². The van der Waals surface area contributed by atoms with Gasteiger partial charge in [0.05, 0.1) is 0 Å². The number of hydrogen-bond acceptors (Lipinski definition) is 3. The summed E-state index contributed by atoms with van der Waals surface area (Å²) < 4.78 is 5.03. The number of anilines is 1. The van der Waals surface area contributed by atoms with Crippen molar-refractivity contribution >= 4 is 5.82 Å². The molecule has 1 atom stereocenters. The Morgan fingerprint density at radius 3 is 3.00 bits per heavy atom. The first-order chi connectivity index (χ1) is 6.74. The third kappa shape index (κ3) is 3.34. The Hall–Kier alpha value is -1.09. The second-order valence-electron chi connectivity index (χ2n) is 3.64. The average molecular weight is 194 g/mol. The van der Waals surface area contributed by atoms with Crippen LogP contribution in [0.2, 0.25) is 0 Å². The van der Waals surface area contributed by atoms with Gasteiger partial charge in [-0.3, -0.25) is 0 Å². The molecule has 14 heavy (non-hydrogen) atoms. The summed E-state index contributed by atoms with van der Waals surface area (Å²) >= 11 is 0. The summed E-state index contributed by atoms with van der Waals surface area (Å²) in [6.45, 7) is 3.01. The molecule has 0 saturated heterocycles. The summed E-state index contributed by atoms with van der Waals surface area (Å²) in [5.74, 6) is 1.23. The summed E-state index contributed by atoms with van der Waals surface area (Å²) in [6.07, 6.45) is 3.76. The number of nitrogen functional groups attached to an aromatic ring is 1. The number of rotatable bonds is 5. The van der Waals surface area contributed by atoms with Crippen molar-refractivity contribution in [1.82, 2.24) is 4.98 Å². The Kier molecular flexibility index (Phi) is 4.40. The smallest absolute Gasteiger partial charge is 0.126 e. The van der Waals surface area contributed by atoms with Crippen LogP contribution in [-0.2, 0) is 11.2 Å². The second-order valence-corrected chi connectivity index (χ2v) is 3.64. The molecule has 78 valence electrons. The maximum Gasteiger partial charge on any atom is 0.126 e. The van der Waals surface area contributed by atoms with Gasteiger partial charge >= 0.3 is 0 Å². The lowest BCUT2D eigenvalue weighted by atomic mass is 9.99. The molecule has 2 N–H and O–H groups in total. The van der Waals surface area contributed by atoms with Crippen molar-refractivity contribution in [3.8, 4) is 0 Å². The number of pyridine rings is 1. The molecular weight excluding hydrogens is 176 g/mol. The minimum Gasteiger partial charge on any atom is -0.385 e. The Balaban J connectivity index is 2.47. The Morgan fingerprint density at radius 2 is 2.36 bits per heavy atom. The van der Waals surface area contributed by atoms with Gasteiger partial charge in [-0.2, -0.15) is 0 Å². The Morgan fingerprint density at radius 1 is 1.57 bits per heavy atom. The van der Waals surface area contributed by atoms with Crippen LogP contribution in [0.5, 0.6) is 0 Å². The van der Waals surface area contributed by atoms with Crippen LogP contribution in [0, 0.1) is 5.92 Å². The van der Waals surface area contributed by atoms with Gasteiger partial charge in [0.25, 0.3) is 0 Å². The number of aromatic nitrogens is 1. The SMILES string of the molecule is COCCC(C)Cc1cccnc1N. The van der Waals surface area contributed by atoms with E-state index in [0.29, 0.717) is 11.7 Å². The molecule has 1 heterocycles. The minimum atomic E-state index is 0.585. The molecule has 0 radical (unpaired) electrons. The first-order valence-corrected chi connectivity index (χ1v) is 4.92. The topological polar surface area (TPSA) is 48.1 Å². The van der Waals surface area contributed by atoms with Crippen LogP contribution in [0.3, 0.4) is 0 Å². The molecule has 0 amide bonds. The monoisotopic (exact) mass is 194 g/mol. The molecule has 0 fully saturated rings. The van der Waals surface area contributed by atoms with Gasteiger partial charge in [0.1, 0.15) is 5.82 Å². The zero-order valence-corrected chi connectivity index (χ0v) is 8.86. The molecule has 1 aromatic rings. The number of hydrogen-bond donors (Lipinski definition) is 1. The summed E-state index contributed by atoms with van der Waals surface area (Å²) in [6, 6.07) is 3.96. The van der Waals surface area contributed by atoms with E-state index >= 15 is 0 Å². The van der Waals surface area contributed by atoms with Crippen molar-refractivity contribution in [1.29, 1.82) is 0 Å². The fourth-order valence-corrected chi connectivity index (χ4v) is 1.42. The molecule has 0 aliphatic heterocycles. The highest BCUT2D eigenvalue weighted by Gasteiger charge is 2.06. The van der Waals surface area contributed by atoms with Crippen LogP contribution in [0.15, 0.2) is 18.3 Å². The first kappa shape index (κ1) is 11.0. The summed E-state index contributed by atoms with van der Waals surface area (Å²) in [5.41, 5.74) is 6.89. The molecule has 3 nitrogen and oxygen atoms in total. The van der Waals surface area contributed by atoms with Crippen molar-refractivity contribution in [3.63, 3.8) is 0 Å². The number of nitrogens with two attached hydrogens (primary N) is 1. The van der Waals surface area contributed by atoms with E-state index in [4.69, 9.17) is 10.5 Å². The van der Waals surface area contributed by atoms with E-state index < -0.39 is 0 Å². The number of nitrogens with zero attached hydrogens (tertiary/aromatic N) is 1. The summed E-state index contributed by atoms with van der Waals surface area (Å²) in [5, 5.41) is 0. The van der Waals surface area contributed by atoms with Gasteiger partial charge in [0.15, 0.2) is 0 Å². The Labute approximate surface area is 85.3 Å². The average Bonchev–Trinajstić information content (AvgIpc) is 2.18. The predicted octanol–water partition coefficient (Wildman–Crippen LogP) is 1.88. The van der Waals surface area contributed by atoms with E-state index in [1.165, 1.54) is 0 Å². The van der Waals surface area contributed by atoms with Crippen LogP contribution in [0.1, 0.15) is 18.9 Å². The summed E-state index contributed by atoms with van der Waals surface area (Å²) in [4.78, 5) is 4.06. The normalized spacial score (nSPS) is 12.7. The van der Waals surface area contributed by atoms with Crippen molar-refractivity contribution in [2.45, 2.75) is 19.8 Å². The zero-order valence-electron chi connectivity index (χ0n) is 8.86. The maximum atomic E-state index is 5.76. The first-order valence-electron chi connectivity index (χ1n) is 4.92. The fourth-order valence-electron chi connectivity index (χ4n) is 1.42. The van der Waals surface area contributed by atoms with Gasteiger partial charge in [-0.15, -0.1) is 0 Å². The lowest BCUT2D eigenvalue weighted by Gasteiger charge is -2.11. The molecule has 0 saturated carbocycles. The molecule has 3 heteroatoms. The van der Waals surface area contributed by atoms with Crippen LogP contribution in [0.25, 0.3) is 0 Å². The van der Waals surface area contributed by atoms with Crippen LogP contribution in [0.4, 0.5) is 5.82 Å². The third-order valence-corrected chi connectivity index (χ3v) is 2.31. The maximum absolute atomic E-state index is 5.76. The molecule has 0 aromatic carbocycles. The van der Waals surface area contributed by atoms with Gasteiger partial charge in [-0.25, -0.2) is 4.98 Å². The standard InChI is InChI=1S/C11H18N2O/c1-9(5-7-14-2)8-10-4-3-6-13-11(10)12/h3-4,6,9H,5,7-8H2,1-2H3,(H2,12,13). The van der Waals surface area contributed by atoms with Crippen molar-refractivity contribution in [2.24, 2.45) is 5.92 Å². The quantitative estimate of drug-likeness (QED) is 0.778. The molecule has 0 aliphatic carbocycles. The van der Waals surface area contributed by atoms with E-state index in [1.807, 2.05) is 12.1 Å². The molecular formula is C11H18N2O. The second kappa shape index (κ2) is 5.60. The van der Waals surface area contributed by atoms with Gasteiger partial charge in [0.2, 0.25) is 0 Å². The largest absolute Gasteiger partial charge is 0.385 e. The van der Waals surface area contributed by atoms with Crippen LogP contribution < -0.4 is 5.73 Å². The molecule has 0 aliphatic rings. The van der Waals surface area contributed by atoms with Gasteiger partial charge in [-0.1, -0.05) is 13.0 Å². The third-order valence-electron chi connectivity index (χ3n) is 2.31. The number of methoxy groups -OCH3 is 1. The van der Waals surface area contributed by atoms with E-state index in [-0.39, 0.29) is 0 Å². The van der Waals surface area contributed by atoms with Crippen molar-refractivity contribution in [3.05, 3.63) is 23.9 Å². The van der Waals surface area contributed by atoms with E-state index in [2.05, 4.69) is 11.9 Å². The zero-order chi connectivity index (χ0) is 10.4. The minimum absolute atomic E-state index is 0.585. The van der Waals surface area contributed by atoms with Crippen LogP contribution >= 0.6 is 0 Å². The van der Waals surface area contributed by atoms with Crippen molar-refractivity contribution in [2.75, 3.05) is 19.5 Å². The van der Waals surface area contributed by atoms with E-state index in [1.54, 1.807) is 13.3 Å². The predicted molar refractivity (Wildman–Crippen MR) is 58.0 cm³/mol. The van der Waals surface area contributed by atoms with Gasteiger partial charge in [-0.05, 0) is 30.4 Å². The highest BCUT2D eigenvalue weighted by molar-refractivity contribution is 5.38. The highest BCUT2D eigenvalue weighted by Crippen LogP contribution is 2.15. The lowest BCUT2D eigenvalue weighted by Crippen LogP contribution is -2.06.